The van der Waals surface area contributed by atoms with E-state index >= 15 is 0 Å². The Hall–Kier alpha value is -4.46. The summed E-state index contributed by atoms with van der Waals surface area (Å²) in [7, 11) is 0. The Balaban J connectivity index is 1.56. The highest BCUT2D eigenvalue weighted by atomic mass is 19.1. The minimum Gasteiger partial charge on any atom is -0.444 e. The summed E-state index contributed by atoms with van der Waals surface area (Å²) in [4.78, 5) is 24.1. The van der Waals surface area contributed by atoms with Gasteiger partial charge in [-0.1, -0.05) is 6.07 Å². The third-order valence-corrected chi connectivity index (χ3v) is 6.56. The molecule has 1 aliphatic heterocycles. The zero-order valence-electron chi connectivity index (χ0n) is 22.5. The Morgan fingerprint density at radius 2 is 2.13 bits per heavy atom. The number of carbonyl (C=O) groups is 1. The number of benzene rings is 1. The van der Waals surface area contributed by atoms with Gasteiger partial charge in [-0.05, 0) is 52.7 Å². The Morgan fingerprint density at radius 3 is 2.82 bits per heavy atom. The van der Waals surface area contributed by atoms with Crippen LogP contribution in [0.5, 0.6) is 0 Å². The molecule has 4 aromatic rings. The number of imidazole rings is 1. The molecule has 202 valence electrons. The van der Waals surface area contributed by atoms with Gasteiger partial charge < -0.3 is 15.0 Å². The van der Waals surface area contributed by atoms with Crippen molar-refractivity contribution in [1.82, 2.24) is 29.5 Å². The van der Waals surface area contributed by atoms with Crippen LogP contribution in [0.4, 0.5) is 15.0 Å². The highest BCUT2D eigenvalue weighted by Gasteiger charge is 2.28. The third-order valence-electron chi connectivity index (χ3n) is 6.56. The van der Waals surface area contributed by atoms with Crippen LogP contribution in [-0.2, 0) is 11.3 Å². The molecule has 1 N–H and O–H groups in total. The second kappa shape index (κ2) is 10.4. The maximum atomic E-state index is 14.7. The van der Waals surface area contributed by atoms with Gasteiger partial charge in [0.15, 0.2) is 11.5 Å². The smallest absolute Gasteiger partial charge is 0.407 e. The quantitative estimate of drug-likeness (QED) is 0.395. The summed E-state index contributed by atoms with van der Waals surface area (Å²) in [5, 5.41) is 16.6. The van der Waals surface area contributed by atoms with Gasteiger partial charge in [0.1, 0.15) is 17.5 Å². The molecule has 0 spiro atoms. The number of ether oxygens (including phenoxy) is 1. The van der Waals surface area contributed by atoms with Crippen molar-refractivity contribution in [3.63, 3.8) is 0 Å². The van der Waals surface area contributed by atoms with Crippen molar-refractivity contribution in [2.45, 2.75) is 58.7 Å². The number of anilines is 1. The Kier molecular flexibility index (Phi) is 6.95. The SMILES string of the molecule is CCn1cc(-c2c(-c3ccc(C#N)c(F)c3)nc3c(N4CCC[C@@H](NC(=O)OC(C)(C)C)C4)nccn23)cn1. The zero-order chi connectivity index (χ0) is 27.7. The van der Waals surface area contributed by atoms with E-state index in [0.29, 0.717) is 35.8 Å². The number of piperidine rings is 1. The third kappa shape index (κ3) is 5.41. The predicted molar refractivity (Wildman–Crippen MR) is 145 cm³/mol. The number of halogens is 1. The van der Waals surface area contributed by atoms with Crippen LogP contribution in [-0.4, -0.2) is 55.0 Å². The number of carbonyl (C=O) groups excluding carboxylic acids is 1. The second-order valence-corrected chi connectivity index (χ2v) is 10.6. The molecular formula is C28H31FN8O2. The molecule has 4 heterocycles. The van der Waals surface area contributed by atoms with Crippen molar-refractivity contribution < 1.29 is 13.9 Å². The molecule has 11 heteroatoms. The molecule has 0 unspecified atom stereocenters. The highest BCUT2D eigenvalue weighted by molar-refractivity contribution is 5.84. The van der Waals surface area contributed by atoms with Crippen LogP contribution in [0.15, 0.2) is 43.0 Å². The number of aromatic nitrogens is 5. The number of alkyl carbamates (subject to hydrolysis) is 1. The number of amides is 1. The summed E-state index contributed by atoms with van der Waals surface area (Å²) in [5.74, 6) is 0.0605. The van der Waals surface area contributed by atoms with Crippen molar-refractivity contribution in [2.24, 2.45) is 0 Å². The first-order valence-corrected chi connectivity index (χ1v) is 13.0. The van der Waals surface area contributed by atoms with E-state index in [4.69, 9.17) is 9.72 Å². The van der Waals surface area contributed by atoms with Crippen LogP contribution < -0.4 is 10.2 Å². The normalized spacial score (nSPS) is 15.8. The maximum absolute atomic E-state index is 14.7. The van der Waals surface area contributed by atoms with Crippen LogP contribution in [0.1, 0.15) is 46.1 Å². The Morgan fingerprint density at radius 1 is 1.31 bits per heavy atom. The maximum Gasteiger partial charge on any atom is 0.407 e. The fourth-order valence-corrected chi connectivity index (χ4v) is 4.84. The predicted octanol–water partition coefficient (Wildman–Crippen LogP) is 4.78. The molecule has 1 aromatic carbocycles. The summed E-state index contributed by atoms with van der Waals surface area (Å²) < 4.78 is 23.9. The second-order valence-electron chi connectivity index (χ2n) is 10.6. The first-order chi connectivity index (χ1) is 18.7. The lowest BCUT2D eigenvalue weighted by molar-refractivity contribution is 0.0500. The lowest BCUT2D eigenvalue weighted by atomic mass is 10.1. The van der Waals surface area contributed by atoms with E-state index < -0.39 is 17.5 Å². The highest BCUT2D eigenvalue weighted by Crippen LogP contribution is 2.36. The number of nitrogens with one attached hydrogen (secondary N) is 1. The number of rotatable bonds is 5. The van der Waals surface area contributed by atoms with E-state index in [9.17, 15) is 14.4 Å². The van der Waals surface area contributed by atoms with Gasteiger partial charge in [0.25, 0.3) is 0 Å². The van der Waals surface area contributed by atoms with Crippen LogP contribution in [0, 0.1) is 17.1 Å². The molecule has 0 radical (unpaired) electrons. The Labute approximate surface area is 226 Å². The number of hydrogen-bond acceptors (Lipinski definition) is 7. The first-order valence-electron chi connectivity index (χ1n) is 13.0. The molecule has 1 amide bonds. The summed E-state index contributed by atoms with van der Waals surface area (Å²) in [6.45, 7) is 9.50. The lowest BCUT2D eigenvalue weighted by Crippen LogP contribution is -2.49. The summed E-state index contributed by atoms with van der Waals surface area (Å²) in [6, 6.07) is 6.26. The lowest BCUT2D eigenvalue weighted by Gasteiger charge is -2.34. The molecule has 10 nitrogen and oxygen atoms in total. The number of aryl methyl sites for hydroxylation is 1. The molecule has 0 aliphatic carbocycles. The van der Waals surface area contributed by atoms with E-state index in [1.165, 1.54) is 12.1 Å². The molecule has 1 fully saturated rings. The first kappa shape index (κ1) is 26.2. The van der Waals surface area contributed by atoms with Crippen LogP contribution in [0.25, 0.3) is 28.2 Å². The summed E-state index contributed by atoms with van der Waals surface area (Å²) in [6.07, 6.45) is 8.47. The van der Waals surface area contributed by atoms with E-state index in [1.807, 2.05) is 55.2 Å². The van der Waals surface area contributed by atoms with Crippen LogP contribution >= 0.6 is 0 Å². The standard InChI is InChI=1S/C28H31FN8O2/c1-5-36-16-20(15-32-36)24-23(18-8-9-19(14-30)22(29)13-18)34-26-25(31-10-12-37(24)26)35-11-6-7-21(17-35)33-27(38)39-28(2,3)4/h8-10,12-13,15-16,21H,5-7,11,17H2,1-4H3,(H,33,38)/t21-/m1/s1. The Bertz CT molecular complexity index is 1560. The average Bonchev–Trinajstić information content (AvgIpc) is 3.52. The monoisotopic (exact) mass is 530 g/mol. The molecular weight excluding hydrogens is 499 g/mol. The van der Waals surface area contributed by atoms with Crippen LogP contribution in [0.2, 0.25) is 0 Å². The van der Waals surface area contributed by atoms with E-state index in [-0.39, 0.29) is 11.6 Å². The average molecular weight is 531 g/mol. The van der Waals surface area contributed by atoms with E-state index in [1.54, 1.807) is 18.5 Å². The van der Waals surface area contributed by atoms with Gasteiger partial charge in [0, 0.05) is 55.4 Å². The van der Waals surface area contributed by atoms with Gasteiger partial charge >= 0.3 is 6.09 Å². The van der Waals surface area contributed by atoms with E-state index in [0.717, 1.165) is 30.6 Å². The zero-order valence-corrected chi connectivity index (χ0v) is 22.5. The van der Waals surface area contributed by atoms with Gasteiger partial charge in [-0.25, -0.2) is 19.2 Å². The minimum absolute atomic E-state index is 0.0259. The van der Waals surface area contributed by atoms with Crippen LogP contribution in [0.3, 0.4) is 0 Å². The molecule has 3 aromatic heterocycles. The van der Waals surface area contributed by atoms with E-state index in [2.05, 4.69) is 20.3 Å². The van der Waals surface area contributed by atoms with Crippen molar-refractivity contribution in [1.29, 1.82) is 5.26 Å². The molecule has 39 heavy (non-hydrogen) atoms. The van der Waals surface area contributed by atoms with Gasteiger partial charge in [-0.3, -0.25) is 9.08 Å². The van der Waals surface area contributed by atoms with Gasteiger partial charge in [-0.2, -0.15) is 10.4 Å². The fraction of sp³-hybridized carbons (Fsp3) is 0.393. The molecule has 5 rings (SSSR count). The number of nitriles is 1. The molecule has 1 saturated heterocycles. The van der Waals surface area contributed by atoms with Crippen molar-refractivity contribution in [3.05, 3.63) is 54.4 Å². The number of hydrogen-bond donors (Lipinski definition) is 1. The van der Waals surface area contributed by atoms with Crippen molar-refractivity contribution in [2.75, 3.05) is 18.0 Å². The number of nitrogens with zero attached hydrogens (tertiary/aromatic N) is 7. The molecule has 0 bridgehead atoms. The minimum atomic E-state index is -0.604. The summed E-state index contributed by atoms with van der Waals surface area (Å²) >= 11 is 0. The summed E-state index contributed by atoms with van der Waals surface area (Å²) in [5.41, 5.74) is 2.68. The topological polar surface area (TPSA) is 113 Å². The number of fused-ring (bicyclic) bond motifs is 1. The fourth-order valence-electron chi connectivity index (χ4n) is 4.84. The van der Waals surface area contributed by atoms with Gasteiger partial charge in [0.05, 0.1) is 23.1 Å². The van der Waals surface area contributed by atoms with Gasteiger partial charge in [-0.15, -0.1) is 0 Å². The largest absolute Gasteiger partial charge is 0.444 e. The van der Waals surface area contributed by atoms with Crippen molar-refractivity contribution >= 4 is 17.6 Å². The van der Waals surface area contributed by atoms with Crippen molar-refractivity contribution in [3.8, 4) is 28.6 Å². The van der Waals surface area contributed by atoms with Gasteiger partial charge in [0.2, 0.25) is 0 Å². The molecule has 0 saturated carbocycles. The molecule has 1 aliphatic rings. The molecule has 1 atom stereocenters.